The fourth-order valence-corrected chi connectivity index (χ4v) is 2.64. The molecule has 0 spiro atoms. The second kappa shape index (κ2) is 5.49. The highest BCUT2D eigenvalue weighted by Crippen LogP contribution is 2.28. The van der Waals surface area contributed by atoms with Crippen LogP contribution in [0.4, 0.5) is 0 Å². The van der Waals surface area contributed by atoms with Gasteiger partial charge in [0.15, 0.2) is 5.78 Å². The Morgan fingerprint density at radius 2 is 2.25 bits per heavy atom. The van der Waals surface area contributed by atoms with E-state index in [2.05, 4.69) is 12.0 Å². The number of carbonyl (C=O) groups is 1. The first-order valence-electron chi connectivity index (χ1n) is 7.06. The number of Topliss-reactive ketones (excluding diaryl/α,β-unsaturated/α-hetero) is 1. The van der Waals surface area contributed by atoms with Gasteiger partial charge in [0.1, 0.15) is 11.4 Å². The van der Waals surface area contributed by atoms with Gasteiger partial charge in [-0.1, -0.05) is 25.1 Å². The molecule has 3 rings (SSSR count). The maximum atomic E-state index is 12.6. The summed E-state index contributed by atoms with van der Waals surface area (Å²) in [5, 5.41) is 4.22. The lowest BCUT2D eigenvalue weighted by atomic mass is 9.92. The zero-order chi connectivity index (χ0) is 13.9. The van der Waals surface area contributed by atoms with Gasteiger partial charge in [-0.2, -0.15) is 5.10 Å². The highest BCUT2D eigenvalue weighted by Gasteiger charge is 2.28. The number of hydrogen-bond acceptors (Lipinski definition) is 3. The van der Waals surface area contributed by atoms with Crippen molar-refractivity contribution in [3.8, 4) is 5.75 Å². The number of rotatable bonds is 4. The Kier molecular flexibility index (Phi) is 3.54. The number of nitrogens with zero attached hydrogens (tertiary/aromatic N) is 2. The lowest BCUT2D eigenvalue weighted by Crippen LogP contribution is -2.29. The molecule has 2 heterocycles. The summed E-state index contributed by atoms with van der Waals surface area (Å²) in [5.74, 6) is 0.918. The second-order valence-electron chi connectivity index (χ2n) is 5.12. The summed E-state index contributed by atoms with van der Waals surface area (Å²) >= 11 is 0. The van der Waals surface area contributed by atoms with E-state index in [-0.39, 0.29) is 11.7 Å². The summed E-state index contributed by atoms with van der Waals surface area (Å²) in [5.41, 5.74) is 1.80. The summed E-state index contributed by atoms with van der Waals surface area (Å²) < 4.78 is 7.50. The van der Waals surface area contributed by atoms with Crippen LogP contribution in [0.5, 0.6) is 5.75 Å². The molecule has 0 amide bonds. The molecule has 0 N–H and O–H groups in total. The van der Waals surface area contributed by atoms with Crippen LogP contribution in [0, 0.1) is 5.92 Å². The molecule has 1 unspecified atom stereocenters. The molecular weight excluding hydrogens is 252 g/mol. The lowest BCUT2D eigenvalue weighted by molar-refractivity contribution is 0.0843. The van der Waals surface area contributed by atoms with E-state index in [0.717, 1.165) is 30.7 Å². The van der Waals surface area contributed by atoms with Crippen molar-refractivity contribution in [3.63, 3.8) is 0 Å². The molecule has 2 aromatic rings. The monoisotopic (exact) mass is 270 g/mol. The van der Waals surface area contributed by atoms with Crippen molar-refractivity contribution in [2.24, 2.45) is 5.92 Å². The SMILES string of the molecule is CCCn1nccc1C(=O)C1COc2ccccc2C1. The molecule has 0 saturated carbocycles. The van der Waals surface area contributed by atoms with Crippen LogP contribution in [0.1, 0.15) is 29.4 Å². The molecule has 0 radical (unpaired) electrons. The molecule has 0 bridgehead atoms. The Labute approximate surface area is 118 Å². The Morgan fingerprint density at radius 3 is 3.10 bits per heavy atom. The molecule has 1 aromatic carbocycles. The average Bonchev–Trinajstić information content (AvgIpc) is 2.94. The Hall–Kier alpha value is -2.10. The lowest BCUT2D eigenvalue weighted by Gasteiger charge is -2.24. The number of ether oxygens (including phenoxy) is 1. The molecule has 1 atom stereocenters. The highest BCUT2D eigenvalue weighted by molar-refractivity contribution is 5.96. The van der Waals surface area contributed by atoms with Crippen molar-refractivity contribution in [2.75, 3.05) is 6.61 Å². The van der Waals surface area contributed by atoms with Crippen LogP contribution < -0.4 is 4.74 Å². The molecule has 0 aliphatic carbocycles. The van der Waals surface area contributed by atoms with Crippen LogP contribution in [0.3, 0.4) is 0 Å². The van der Waals surface area contributed by atoms with Gasteiger partial charge in [0.2, 0.25) is 0 Å². The van der Waals surface area contributed by atoms with Crippen molar-refractivity contribution in [3.05, 3.63) is 47.8 Å². The summed E-state index contributed by atoms with van der Waals surface area (Å²) in [6, 6.07) is 9.72. The summed E-state index contributed by atoms with van der Waals surface area (Å²) in [6.45, 7) is 3.31. The summed E-state index contributed by atoms with van der Waals surface area (Å²) in [4.78, 5) is 12.6. The largest absolute Gasteiger partial charge is 0.493 e. The van der Waals surface area contributed by atoms with Gasteiger partial charge in [-0.15, -0.1) is 0 Å². The number of para-hydroxylation sites is 1. The van der Waals surface area contributed by atoms with Crippen molar-refractivity contribution in [1.29, 1.82) is 0 Å². The van der Waals surface area contributed by atoms with E-state index in [4.69, 9.17) is 4.74 Å². The maximum absolute atomic E-state index is 12.6. The topological polar surface area (TPSA) is 44.1 Å². The first kappa shape index (κ1) is 12.9. The van der Waals surface area contributed by atoms with Crippen molar-refractivity contribution in [1.82, 2.24) is 9.78 Å². The third-order valence-electron chi connectivity index (χ3n) is 3.65. The predicted molar refractivity (Wildman–Crippen MR) is 76.0 cm³/mol. The number of aryl methyl sites for hydroxylation is 1. The van der Waals surface area contributed by atoms with Crippen LogP contribution in [0.25, 0.3) is 0 Å². The molecule has 4 nitrogen and oxygen atoms in total. The number of carbonyl (C=O) groups excluding carboxylic acids is 1. The van der Waals surface area contributed by atoms with E-state index >= 15 is 0 Å². The van der Waals surface area contributed by atoms with Gasteiger partial charge in [-0.05, 0) is 30.5 Å². The predicted octanol–water partition coefficient (Wildman–Crippen LogP) is 2.73. The van der Waals surface area contributed by atoms with E-state index in [9.17, 15) is 4.79 Å². The quantitative estimate of drug-likeness (QED) is 0.802. The van der Waals surface area contributed by atoms with E-state index in [0.29, 0.717) is 12.3 Å². The zero-order valence-corrected chi connectivity index (χ0v) is 11.6. The minimum atomic E-state index is -0.114. The van der Waals surface area contributed by atoms with Crippen molar-refractivity contribution >= 4 is 5.78 Å². The normalized spacial score (nSPS) is 17.4. The first-order chi connectivity index (χ1) is 9.79. The Balaban J connectivity index is 1.80. The van der Waals surface area contributed by atoms with Gasteiger partial charge in [0.05, 0.1) is 12.5 Å². The van der Waals surface area contributed by atoms with Gasteiger partial charge in [0, 0.05) is 12.7 Å². The van der Waals surface area contributed by atoms with Crippen LogP contribution >= 0.6 is 0 Å². The van der Waals surface area contributed by atoms with E-state index in [1.165, 1.54) is 0 Å². The van der Waals surface area contributed by atoms with E-state index < -0.39 is 0 Å². The zero-order valence-electron chi connectivity index (χ0n) is 11.6. The fourth-order valence-electron chi connectivity index (χ4n) is 2.64. The molecule has 0 fully saturated rings. The summed E-state index contributed by atoms with van der Waals surface area (Å²) in [7, 11) is 0. The number of fused-ring (bicyclic) bond motifs is 1. The third kappa shape index (κ3) is 2.33. The highest BCUT2D eigenvalue weighted by atomic mass is 16.5. The van der Waals surface area contributed by atoms with E-state index in [1.54, 1.807) is 16.9 Å². The van der Waals surface area contributed by atoms with Crippen molar-refractivity contribution < 1.29 is 9.53 Å². The second-order valence-corrected chi connectivity index (χ2v) is 5.12. The first-order valence-corrected chi connectivity index (χ1v) is 7.06. The van der Waals surface area contributed by atoms with Crippen molar-refractivity contribution in [2.45, 2.75) is 26.3 Å². The van der Waals surface area contributed by atoms with Crippen LogP contribution in [-0.4, -0.2) is 22.2 Å². The maximum Gasteiger partial charge on any atom is 0.187 e. The minimum absolute atomic E-state index is 0.114. The fraction of sp³-hybridized carbons (Fsp3) is 0.375. The van der Waals surface area contributed by atoms with Gasteiger partial charge >= 0.3 is 0 Å². The number of ketones is 1. The van der Waals surface area contributed by atoms with Crippen LogP contribution in [0.2, 0.25) is 0 Å². The molecule has 1 aliphatic rings. The summed E-state index contributed by atoms with van der Waals surface area (Å²) in [6.07, 6.45) is 3.40. The third-order valence-corrected chi connectivity index (χ3v) is 3.65. The molecule has 4 heteroatoms. The molecule has 20 heavy (non-hydrogen) atoms. The smallest absolute Gasteiger partial charge is 0.187 e. The Morgan fingerprint density at radius 1 is 1.40 bits per heavy atom. The molecule has 1 aromatic heterocycles. The van der Waals surface area contributed by atoms with Crippen LogP contribution in [0.15, 0.2) is 36.5 Å². The molecular formula is C16H18N2O2. The minimum Gasteiger partial charge on any atom is -0.493 e. The molecule has 0 saturated heterocycles. The van der Waals surface area contributed by atoms with Crippen LogP contribution in [-0.2, 0) is 13.0 Å². The number of aromatic nitrogens is 2. The van der Waals surface area contributed by atoms with E-state index in [1.807, 2.05) is 24.3 Å². The molecule has 104 valence electrons. The van der Waals surface area contributed by atoms with Gasteiger partial charge < -0.3 is 4.74 Å². The average molecular weight is 270 g/mol. The standard InChI is InChI=1S/C16H18N2O2/c1-2-9-18-14(7-8-17-18)16(19)13-10-12-5-3-4-6-15(12)20-11-13/h3-8,13H,2,9-11H2,1H3. The Bertz CT molecular complexity index is 618. The van der Waals surface area contributed by atoms with Gasteiger partial charge in [0.25, 0.3) is 0 Å². The van der Waals surface area contributed by atoms with Gasteiger partial charge in [-0.3, -0.25) is 9.48 Å². The number of benzene rings is 1. The van der Waals surface area contributed by atoms with Gasteiger partial charge in [-0.25, -0.2) is 0 Å². The number of hydrogen-bond donors (Lipinski definition) is 0. The molecule has 1 aliphatic heterocycles.